The van der Waals surface area contributed by atoms with Crippen molar-refractivity contribution in [2.45, 2.75) is 19.9 Å². The third-order valence-corrected chi connectivity index (χ3v) is 5.71. The van der Waals surface area contributed by atoms with Gasteiger partial charge in [0.05, 0.1) is 12.5 Å². The zero-order valence-electron chi connectivity index (χ0n) is 15.1. The number of nitrogens with zero attached hydrogens (tertiary/aromatic N) is 5. The van der Waals surface area contributed by atoms with Crippen molar-refractivity contribution in [3.63, 3.8) is 0 Å². The van der Waals surface area contributed by atoms with Gasteiger partial charge in [0.25, 0.3) is 0 Å². The Hall–Kier alpha value is -2.70. The first-order valence-corrected chi connectivity index (χ1v) is 8.91. The van der Waals surface area contributed by atoms with Gasteiger partial charge in [-0.15, -0.1) is 0 Å². The van der Waals surface area contributed by atoms with E-state index >= 15 is 0 Å². The lowest BCUT2D eigenvalue weighted by Crippen LogP contribution is -2.39. The lowest BCUT2D eigenvalue weighted by molar-refractivity contribution is -0.137. The van der Waals surface area contributed by atoms with Gasteiger partial charge in [-0.05, 0) is 24.0 Å². The summed E-state index contributed by atoms with van der Waals surface area (Å²) >= 11 is 0. The van der Waals surface area contributed by atoms with Crippen LogP contribution in [0, 0.1) is 11.3 Å². The number of carbonyl (C=O) groups excluding carboxylic acids is 1. The molecule has 0 radical (unpaired) electrons. The number of anilines is 1. The average molecular weight is 353 g/mol. The molecule has 0 unspecified atom stereocenters. The summed E-state index contributed by atoms with van der Waals surface area (Å²) in [4.78, 5) is 30.0. The van der Waals surface area contributed by atoms with Crippen LogP contribution in [0.3, 0.4) is 0 Å². The third-order valence-electron chi connectivity index (χ3n) is 5.71. The maximum atomic E-state index is 13.3. The fourth-order valence-electron chi connectivity index (χ4n) is 4.18. The third kappa shape index (κ3) is 2.77. The lowest BCUT2D eigenvalue weighted by atomic mass is 9.78. The van der Waals surface area contributed by atoms with E-state index in [1.807, 2.05) is 29.3 Å². The fraction of sp³-hybridized carbons (Fsp3) is 0.474. The van der Waals surface area contributed by atoms with E-state index in [0.717, 1.165) is 30.9 Å². The van der Waals surface area contributed by atoms with E-state index in [0.29, 0.717) is 19.0 Å². The molecule has 0 aliphatic carbocycles. The predicted octanol–water partition coefficient (Wildman–Crippen LogP) is 1.76. The zero-order chi connectivity index (χ0) is 18.1. The summed E-state index contributed by atoms with van der Waals surface area (Å²) in [5, 5.41) is 0. The summed E-state index contributed by atoms with van der Waals surface area (Å²) in [5.41, 5.74) is 0.737. The number of likely N-dealkylation sites (tertiary alicyclic amines) is 1. The molecule has 0 aromatic carbocycles. The molecule has 7 heteroatoms. The van der Waals surface area contributed by atoms with Gasteiger partial charge in [0.1, 0.15) is 12.1 Å². The molecule has 1 spiro atoms. The van der Waals surface area contributed by atoms with Gasteiger partial charge in [0.15, 0.2) is 0 Å². The fourth-order valence-corrected chi connectivity index (χ4v) is 4.18. The summed E-state index contributed by atoms with van der Waals surface area (Å²) in [7, 11) is 1.59. The molecule has 2 aromatic rings. The molecule has 26 heavy (non-hydrogen) atoms. The van der Waals surface area contributed by atoms with E-state index in [1.165, 1.54) is 6.33 Å². The number of hydrogen-bond donors (Lipinski definition) is 0. The van der Waals surface area contributed by atoms with Crippen LogP contribution >= 0.6 is 0 Å². The van der Waals surface area contributed by atoms with Gasteiger partial charge >= 0.3 is 0 Å². The highest BCUT2D eigenvalue weighted by Gasteiger charge is 2.55. The van der Waals surface area contributed by atoms with E-state index in [2.05, 4.69) is 26.8 Å². The second kappa shape index (κ2) is 6.55. The van der Waals surface area contributed by atoms with Crippen molar-refractivity contribution >= 4 is 11.7 Å². The first-order chi connectivity index (χ1) is 12.6. The van der Waals surface area contributed by atoms with E-state index < -0.39 is 0 Å². The van der Waals surface area contributed by atoms with Crippen LogP contribution in [-0.4, -0.2) is 52.5 Å². The standard InChI is InChI=1S/C19H23N5O2/c1-14-10-24(16-8-17(26-2)22-13-21-16)12-19(14)5-7-23(18(19)25)11-15-4-3-6-20-9-15/h3-4,6,8-9,13-14H,5,7,10-12H2,1-2H3/t14-,19-/m1/s1. The number of carbonyl (C=O) groups is 1. The van der Waals surface area contributed by atoms with Gasteiger partial charge in [-0.25, -0.2) is 9.97 Å². The number of amides is 1. The molecule has 7 nitrogen and oxygen atoms in total. The molecule has 1 amide bonds. The minimum absolute atomic E-state index is 0.248. The van der Waals surface area contributed by atoms with Crippen LogP contribution in [0.2, 0.25) is 0 Å². The van der Waals surface area contributed by atoms with Crippen molar-refractivity contribution in [2.24, 2.45) is 11.3 Å². The van der Waals surface area contributed by atoms with Gasteiger partial charge in [-0.2, -0.15) is 0 Å². The largest absolute Gasteiger partial charge is 0.481 e. The molecule has 2 aromatic heterocycles. The molecule has 4 rings (SSSR count). The summed E-state index contributed by atoms with van der Waals surface area (Å²) in [6, 6.07) is 5.76. The van der Waals surface area contributed by atoms with Crippen LogP contribution < -0.4 is 9.64 Å². The molecule has 0 saturated carbocycles. The normalized spacial score (nSPS) is 25.3. The second-order valence-corrected chi connectivity index (χ2v) is 7.19. The van der Waals surface area contributed by atoms with E-state index in [-0.39, 0.29) is 17.2 Å². The number of hydrogen-bond acceptors (Lipinski definition) is 6. The highest BCUT2D eigenvalue weighted by molar-refractivity contribution is 5.86. The van der Waals surface area contributed by atoms with E-state index in [4.69, 9.17) is 4.74 Å². The van der Waals surface area contributed by atoms with Crippen LogP contribution in [0.5, 0.6) is 5.88 Å². The highest BCUT2D eigenvalue weighted by Crippen LogP contribution is 2.46. The van der Waals surface area contributed by atoms with Crippen molar-refractivity contribution in [2.75, 3.05) is 31.6 Å². The zero-order valence-corrected chi connectivity index (χ0v) is 15.1. The maximum absolute atomic E-state index is 13.3. The number of methoxy groups -OCH3 is 1. The Morgan fingerprint density at radius 3 is 3.04 bits per heavy atom. The molecular weight excluding hydrogens is 330 g/mol. The molecule has 2 atom stereocenters. The van der Waals surface area contributed by atoms with E-state index in [9.17, 15) is 4.79 Å². The summed E-state index contributed by atoms with van der Waals surface area (Å²) in [5.74, 6) is 1.88. The molecule has 2 fully saturated rings. The second-order valence-electron chi connectivity index (χ2n) is 7.19. The number of ether oxygens (including phenoxy) is 1. The van der Waals surface area contributed by atoms with Crippen LogP contribution in [-0.2, 0) is 11.3 Å². The van der Waals surface area contributed by atoms with Crippen molar-refractivity contribution in [1.82, 2.24) is 19.9 Å². The number of pyridine rings is 1. The van der Waals surface area contributed by atoms with Crippen LogP contribution in [0.15, 0.2) is 36.9 Å². The summed E-state index contributed by atoms with van der Waals surface area (Å²) in [6.07, 6.45) is 5.97. The highest BCUT2D eigenvalue weighted by atomic mass is 16.5. The lowest BCUT2D eigenvalue weighted by Gasteiger charge is -2.26. The monoisotopic (exact) mass is 353 g/mol. The number of rotatable bonds is 4. The van der Waals surface area contributed by atoms with Crippen molar-refractivity contribution in [1.29, 1.82) is 0 Å². The Labute approximate surface area is 153 Å². The molecule has 0 N–H and O–H groups in total. The quantitative estimate of drug-likeness (QED) is 0.834. The summed E-state index contributed by atoms with van der Waals surface area (Å²) in [6.45, 7) is 5.09. The Morgan fingerprint density at radius 2 is 2.27 bits per heavy atom. The molecule has 4 heterocycles. The Bertz CT molecular complexity index is 800. The maximum Gasteiger partial charge on any atom is 0.231 e. The van der Waals surface area contributed by atoms with Gasteiger partial charge in [0, 0.05) is 44.6 Å². The van der Waals surface area contributed by atoms with Crippen molar-refractivity contribution < 1.29 is 9.53 Å². The Morgan fingerprint density at radius 1 is 1.38 bits per heavy atom. The molecular formula is C19H23N5O2. The van der Waals surface area contributed by atoms with E-state index in [1.54, 1.807) is 13.3 Å². The van der Waals surface area contributed by atoms with Gasteiger partial charge in [-0.1, -0.05) is 13.0 Å². The minimum Gasteiger partial charge on any atom is -0.481 e. The van der Waals surface area contributed by atoms with Crippen molar-refractivity contribution in [3.8, 4) is 5.88 Å². The summed E-state index contributed by atoms with van der Waals surface area (Å²) < 4.78 is 5.20. The van der Waals surface area contributed by atoms with Crippen LogP contribution in [0.4, 0.5) is 5.82 Å². The SMILES string of the molecule is COc1cc(N2C[C@@H](C)[C@@]3(CCN(Cc4cccnc4)C3=O)C2)ncn1. The Kier molecular flexibility index (Phi) is 4.22. The molecule has 0 bridgehead atoms. The molecule has 2 aliphatic heterocycles. The smallest absolute Gasteiger partial charge is 0.231 e. The van der Waals surface area contributed by atoms with Crippen LogP contribution in [0.1, 0.15) is 18.9 Å². The minimum atomic E-state index is -0.333. The van der Waals surface area contributed by atoms with Gasteiger partial charge < -0.3 is 14.5 Å². The first kappa shape index (κ1) is 16.8. The average Bonchev–Trinajstić information content (AvgIpc) is 3.18. The molecule has 136 valence electrons. The van der Waals surface area contributed by atoms with Crippen LogP contribution in [0.25, 0.3) is 0 Å². The Balaban J connectivity index is 1.52. The van der Waals surface area contributed by atoms with Gasteiger partial charge in [0.2, 0.25) is 11.8 Å². The van der Waals surface area contributed by atoms with Gasteiger partial charge in [-0.3, -0.25) is 9.78 Å². The topological polar surface area (TPSA) is 71.5 Å². The predicted molar refractivity (Wildman–Crippen MR) is 96.7 cm³/mol. The van der Waals surface area contributed by atoms with Crippen molar-refractivity contribution in [3.05, 3.63) is 42.5 Å². The molecule has 2 aliphatic rings. The first-order valence-electron chi connectivity index (χ1n) is 8.91. The molecule has 2 saturated heterocycles. The number of aromatic nitrogens is 3.